The van der Waals surface area contributed by atoms with Crippen LogP contribution >= 0.6 is 11.3 Å². The smallest absolute Gasteiger partial charge is 0.376 e. The van der Waals surface area contributed by atoms with Crippen LogP contribution in [0.3, 0.4) is 0 Å². The van der Waals surface area contributed by atoms with Crippen molar-refractivity contribution < 1.29 is 32.0 Å². The van der Waals surface area contributed by atoms with Crippen molar-refractivity contribution in [3.05, 3.63) is 16.3 Å². The molecule has 12 heteroatoms. The summed E-state index contributed by atoms with van der Waals surface area (Å²) >= 11 is 1.19. The largest absolute Gasteiger partial charge is 0.455 e. The zero-order valence-electron chi connectivity index (χ0n) is 15.8. The van der Waals surface area contributed by atoms with Gasteiger partial charge in [0.05, 0.1) is 18.8 Å². The molecule has 2 aliphatic rings. The van der Waals surface area contributed by atoms with Crippen LogP contribution in [0, 0.1) is 11.8 Å². The Morgan fingerprint density at radius 2 is 1.93 bits per heavy atom. The number of aromatic nitrogens is 2. The molecule has 3 N–H and O–H groups in total. The molecule has 1 saturated carbocycles. The number of hydrogen-bond donors (Lipinski definition) is 2. The van der Waals surface area contributed by atoms with Crippen LogP contribution in [0.4, 0.5) is 18.2 Å². The first kappa shape index (κ1) is 20.8. The number of carbonyl (C=O) groups is 2. The van der Waals surface area contributed by atoms with Crippen molar-refractivity contribution in [3.63, 3.8) is 0 Å². The van der Waals surface area contributed by atoms with Crippen LogP contribution < -0.4 is 11.1 Å². The van der Waals surface area contributed by atoms with E-state index in [0.29, 0.717) is 36.4 Å². The number of hydrogen-bond acceptors (Lipinski definition) is 7. The molecule has 4 rings (SSSR count). The summed E-state index contributed by atoms with van der Waals surface area (Å²) in [5, 5.41) is 6.11. The fraction of sp³-hybridized carbons (Fsp3) is 0.556. The van der Waals surface area contributed by atoms with E-state index in [1.54, 1.807) is 0 Å². The van der Waals surface area contributed by atoms with E-state index in [4.69, 9.17) is 15.0 Å². The van der Waals surface area contributed by atoms with E-state index < -0.39 is 35.7 Å². The van der Waals surface area contributed by atoms with E-state index in [9.17, 15) is 22.8 Å². The summed E-state index contributed by atoms with van der Waals surface area (Å²) in [4.78, 5) is 29.0. The van der Waals surface area contributed by atoms with Crippen LogP contribution in [0.15, 0.2) is 4.52 Å². The van der Waals surface area contributed by atoms with Gasteiger partial charge in [0, 0.05) is 16.7 Å². The SMILES string of the molecule is NC(=O)[C@@H]1CCCC[C@H]1C(=O)Nc1sc2c(c1-c1nc(C(F)(F)F)no1)CCOC2. The van der Waals surface area contributed by atoms with Crippen molar-refractivity contribution in [2.24, 2.45) is 17.6 Å². The van der Waals surface area contributed by atoms with E-state index in [-0.39, 0.29) is 18.1 Å². The minimum atomic E-state index is -4.75. The Bertz CT molecular complexity index is 971. The summed E-state index contributed by atoms with van der Waals surface area (Å²) < 4.78 is 49.1. The van der Waals surface area contributed by atoms with Crippen LogP contribution in [-0.2, 0) is 33.5 Å². The van der Waals surface area contributed by atoms with Gasteiger partial charge in [-0.15, -0.1) is 11.3 Å². The summed E-state index contributed by atoms with van der Waals surface area (Å²) in [6, 6.07) is 0. The van der Waals surface area contributed by atoms with E-state index in [1.807, 2.05) is 0 Å². The van der Waals surface area contributed by atoms with Crippen molar-refractivity contribution in [1.29, 1.82) is 0 Å². The first-order chi connectivity index (χ1) is 14.3. The molecule has 0 aromatic carbocycles. The average molecular weight is 444 g/mol. The minimum Gasteiger partial charge on any atom is -0.376 e. The fourth-order valence-corrected chi connectivity index (χ4v) is 5.16. The highest BCUT2D eigenvalue weighted by Crippen LogP contribution is 2.44. The Labute approximate surface area is 173 Å². The van der Waals surface area contributed by atoms with Gasteiger partial charge in [0.2, 0.25) is 11.8 Å². The Hall–Kier alpha value is -2.47. The fourth-order valence-electron chi connectivity index (χ4n) is 3.98. The zero-order valence-corrected chi connectivity index (χ0v) is 16.6. The quantitative estimate of drug-likeness (QED) is 0.748. The van der Waals surface area contributed by atoms with Gasteiger partial charge >= 0.3 is 6.18 Å². The molecule has 30 heavy (non-hydrogen) atoms. The Morgan fingerprint density at radius 3 is 2.60 bits per heavy atom. The summed E-state index contributed by atoms with van der Waals surface area (Å²) in [7, 11) is 0. The minimum absolute atomic E-state index is 0.274. The molecule has 2 amide bonds. The molecule has 3 heterocycles. The molecular formula is C18H19F3N4O4S. The first-order valence-electron chi connectivity index (χ1n) is 9.49. The highest BCUT2D eigenvalue weighted by atomic mass is 32.1. The lowest BCUT2D eigenvalue weighted by Gasteiger charge is -2.28. The third kappa shape index (κ3) is 3.93. The van der Waals surface area contributed by atoms with Crippen molar-refractivity contribution in [2.45, 2.75) is 44.9 Å². The number of nitrogens with two attached hydrogens (primary N) is 1. The molecule has 1 aliphatic carbocycles. The van der Waals surface area contributed by atoms with E-state index in [0.717, 1.165) is 17.7 Å². The third-order valence-corrected chi connectivity index (χ3v) is 6.54. The Balaban J connectivity index is 1.68. The molecule has 162 valence electrons. The molecule has 2 aromatic rings. The van der Waals surface area contributed by atoms with Crippen LogP contribution in [0.5, 0.6) is 0 Å². The van der Waals surface area contributed by atoms with Crippen LogP contribution in [0.1, 0.15) is 41.9 Å². The number of alkyl halides is 3. The van der Waals surface area contributed by atoms with Crippen LogP contribution in [0.2, 0.25) is 0 Å². The van der Waals surface area contributed by atoms with Crippen molar-refractivity contribution in [1.82, 2.24) is 10.1 Å². The molecule has 0 bridgehead atoms. The lowest BCUT2D eigenvalue weighted by atomic mass is 9.78. The van der Waals surface area contributed by atoms with Gasteiger partial charge in [-0.3, -0.25) is 9.59 Å². The van der Waals surface area contributed by atoms with Crippen LogP contribution in [-0.4, -0.2) is 28.6 Å². The number of ether oxygens (including phenoxy) is 1. The number of thiophene rings is 1. The summed E-state index contributed by atoms with van der Waals surface area (Å²) in [6.07, 6.45) is -1.65. The van der Waals surface area contributed by atoms with Gasteiger partial charge in [-0.2, -0.15) is 18.2 Å². The number of carbonyl (C=O) groups excluding carboxylic acids is 2. The second kappa shape index (κ2) is 7.99. The standard InChI is InChI=1S/C18H19F3N4O4S/c19-18(20,21)17-24-15(29-25-17)12-10-5-6-28-7-11(10)30-16(12)23-14(27)9-4-2-1-3-8(9)13(22)26/h8-9H,1-7H2,(H2,22,26)(H,23,27)/t8-,9-/m1/s1. The molecule has 1 aliphatic heterocycles. The topological polar surface area (TPSA) is 120 Å². The van der Waals surface area contributed by atoms with Gasteiger partial charge in [0.1, 0.15) is 5.00 Å². The van der Waals surface area contributed by atoms with E-state index >= 15 is 0 Å². The molecule has 2 aromatic heterocycles. The molecule has 0 saturated heterocycles. The maximum atomic E-state index is 13.0. The number of fused-ring (bicyclic) bond motifs is 1. The van der Waals surface area contributed by atoms with Gasteiger partial charge in [-0.05, 0) is 24.8 Å². The number of nitrogens with zero attached hydrogens (tertiary/aromatic N) is 2. The number of amides is 2. The van der Waals surface area contributed by atoms with Gasteiger partial charge in [-0.1, -0.05) is 18.0 Å². The van der Waals surface area contributed by atoms with Crippen LogP contribution in [0.25, 0.3) is 11.5 Å². The highest BCUT2D eigenvalue weighted by Gasteiger charge is 2.39. The van der Waals surface area contributed by atoms with Crippen molar-refractivity contribution in [2.75, 3.05) is 11.9 Å². The number of anilines is 1. The lowest BCUT2D eigenvalue weighted by molar-refractivity contribution is -0.146. The second-order valence-corrected chi connectivity index (χ2v) is 8.43. The third-order valence-electron chi connectivity index (χ3n) is 5.42. The van der Waals surface area contributed by atoms with Crippen molar-refractivity contribution in [3.8, 4) is 11.5 Å². The summed E-state index contributed by atoms with van der Waals surface area (Å²) in [5.74, 6) is -3.78. The molecule has 8 nitrogen and oxygen atoms in total. The Morgan fingerprint density at radius 1 is 1.20 bits per heavy atom. The zero-order chi connectivity index (χ0) is 21.5. The number of primary amides is 1. The number of nitrogens with one attached hydrogen (secondary N) is 1. The monoisotopic (exact) mass is 444 g/mol. The number of halogens is 3. The van der Waals surface area contributed by atoms with E-state index in [1.165, 1.54) is 11.3 Å². The molecular weight excluding hydrogens is 425 g/mol. The predicted octanol–water partition coefficient (Wildman–Crippen LogP) is 3.12. The lowest BCUT2D eigenvalue weighted by Crippen LogP contribution is -2.39. The maximum Gasteiger partial charge on any atom is 0.455 e. The van der Waals surface area contributed by atoms with Crippen molar-refractivity contribution >= 4 is 28.2 Å². The van der Waals surface area contributed by atoms with Gasteiger partial charge < -0.3 is 20.3 Å². The van der Waals surface area contributed by atoms with Gasteiger partial charge in [0.15, 0.2) is 0 Å². The van der Waals surface area contributed by atoms with Gasteiger partial charge in [-0.25, -0.2) is 0 Å². The molecule has 0 spiro atoms. The molecule has 2 atom stereocenters. The average Bonchev–Trinajstić information content (AvgIpc) is 3.32. The normalized spacial score (nSPS) is 21.8. The number of rotatable bonds is 4. The molecule has 1 fully saturated rings. The molecule has 0 radical (unpaired) electrons. The highest BCUT2D eigenvalue weighted by molar-refractivity contribution is 7.17. The Kier molecular flexibility index (Phi) is 5.53. The summed E-state index contributed by atoms with van der Waals surface area (Å²) in [5.41, 5.74) is 6.46. The predicted molar refractivity (Wildman–Crippen MR) is 99.2 cm³/mol. The second-order valence-electron chi connectivity index (χ2n) is 7.32. The van der Waals surface area contributed by atoms with Gasteiger partial charge in [0.25, 0.3) is 11.7 Å². The molecule has 0 unspecified atom stereocenters. The maximum absolute atomic E-state index is 13.0. The van der Waals surface area contributed by atoms with E-state index in [2.05, 4.69) is 15.5 Å². The summed E-state index contributed by atoms with van der Waals surface area (Å²) in [6.45, 7) is 0.660. The first-order valence-corrected chi connectivity index (χ1v) is 10.3.